The second-order valence-electron chi connectivity index (χ2n) is 2.69. The van der Waals surface area contributed by atoms with Crippen LogP contribution in [0.5, 0.6) is 0 Å². The second kappa shape index (κ2) is 4.67. The molecule has 0 aliphatic carbocycles. The molecule has 1 N–H and O–H groups in total. The number of aromatic nitrogens is 2. The number of carboxylic acids is 1. The van der Waals surface area contributed by atoms with Crippen molar-refractivity contribution in [3.63, 3.8) is 0 Å². The fourth-order valence-corrected chi connectivity index (χ4v) is 1.56. The lowest BCUT2D eigenvalue weighted by molar-refractivity contribution is 0.0691. The molecule has 0 aromatic carbocycles. The largest absolute Gasteiger partial charge is 0.477 e. The molecular weight excluding hydrogens is 328 g/mol. The number of hydrogen-bond acceptors (Lipinski definition) is 3. The van der Waals surface area contributed by atoms with Crippen LogP contribution in [0.3, 0.4) is 0 Å². The van der Waals surface area contributed by atoms with E-state index in [9.17, 15) is 4.79 Å². The third kappa shape index (κ3) is 2.32. The number of halogens is 2. The van der Waals surface area contributed by atoms with Crippen LogP contribution in [0.1, 0.15) is 10.5 Å². The van der Waals surface area contributed by atoms with Gasteiger partial charge >= 0.3 is 5.97 Å². The van der Waals surface area contributed by atoms with Gasteiger partial charge in [-0.3, -0.25) is 4.98 Å². The van der Waals surface area contributed by atoms with Crippen molar-refractivity contribution in [3.05, 3.63) is 34.7 Å². The minimum atomic E-state index is -1.03. The van der Waals surface area contributed by atoms with Gasteiger partial charge in [0.05, 0.1) is 9.99 Å². The summed E-state index contributed by atoms with van der Waals surface area (Å²) in [5.41, 5.74) is 0.643. The zero-order valence-corrected chi connectivity index (χ0v) is 10.6. The van der Waals surface area contributed by atoms with E-state index in [1.54, 1.807) is 18.5 Å². The van der Waals surface area contributed by atoms with Crippen molar-refractivity contribution in [1.82, 2.24) is 9.97 Å². The van der Waals surface area contributed by atoms with Crippen molar-refractivity contribution in [2.45, 2.75) is 0 Å². The van der Waals surface area contributed by atoms with Gasteiger partial charge in [-0.15, -0.1) is 17.0 Å². The van der Waals surface area contributed by atoms with E-state index in [0.717, 1.165) is 5.39 Å². The van der Waals surface area contributed by atoms with Gasteiger partial charge in [-0.1, -0.05) is 0 Å². The Labute approximate surface area is 104 Å². The van der Waals surface area contributed by atoms with Crippen LogP contribution in [-0.4, -0.2) is 21.0 Å². The molecule has 0 aliphatic heterocycles. The van der Waals surface area contributed by atoms with Crippen molar-refractivity contribution in [3.8, 4) is 0 Å². The van der Waals surface area contributed by atoms with Crippen LogP contribution in [0.15, 0.2) is 29.0 Å². The van der Waals surface area contributed by atoms with E-state index in [0.29, 0.717) is 9.99 Å². The molecule has 0 bridgehead atoms. The molecule has 0 unspecified atom stereocenters. The van der Waals surface area contributed by atoms with Crippen molar-refractivity contribution >= 4 is 49.8 Å². The Bertz CT molecular complexity index is 516. The molecule has 0 saturated carbocycles. The first-order valence-corrected chi connectivity index (χ1v) is 4.61. The molecule has 15 heavy (non-hydrogen) atoms. The molecule has 0 amide bonds. The van der Waals surface area contributed by atoms with E-state index in [-0.39, 0.29) is 22.7 Å². The lowest BCUT2D eigenvalue weighted by atomic mass is 10.2. The molecule has 6 heteroatoms. The van der Waals surface area contributed by atoms with Gasteiger partial charge in [0.1, 0.15) is 5.69 Å². The summed E-state index contributed by atoms with van der Waals surface area (Å²) in [7, 11) is 0. The Balaban J connectivity index is 0.00000112. The summed E-state index contributed by atoms with van der Waals surface area (Å²) in [5.74, 6) is -1.03. The smallest absolute Gasteiger partial charge is 0.354 e. The normalized spacial score (nSPS) is 9.67. The third-order valence-corrected chi connectivity index (χ3v) is 2.35. The lowest BCUT2D eigenvalue weighted by Gasteiger charge is -1.99. The van der Waals surface area contributed by atoms with E-state index in [4.69, 9.17) is 5.11 Å². The van der Waals surface area contributed by atoms with Crippen molar-refractivity contribution in [2.24, 2.45) is 0 Å². The number of rotatable bonds is 1. The standard InChI is InChI=1S/C9H5BrN2O2.BrH/c10-6-4-11-3-5-1-2-7(9(13)14)12-8(5)6;/h1-4H,(H,13,14);1H. The summed E-state index contributed by atoms with van der Waals surface area (Å²) >= 11 is 3.26. The molecule has 0 saturated heterocycles. The summed E-state index contributed by atoms with van der Waals surface area (Å²) in [6.07, 6.45) is 3.22. The van der Waals surface area contributed by atoms with Crippen molar-refractivity contribution in [2.75, 3.05) is 0 Å². The van der Waals surface area contributed by atoms with E-state index in [2.05, 4.69) is 25.9 Å². The Hall–Kier alpha value is -1.01. The van der Waals surface area contributed by atoms with Gasteiger partial charge in [0.2, 0.25) is 0 Å². The molecule has 0 atom stereocenters. The molecule has 2 heterocycles. The van der Waals surface area contributed by atoms with Gasteiger partial charge in [0, 0.05) is 17.8 Å². The molecule has 0 spiro atoms. The van der Waals surface area contributed by atoms with Crippen LogP contribution in [0.25, 0.3) is 10.9 Å². The summed E-state index contributed by atoms with van der Waals surface area (Å²) in [6.45, 7) is 0. The van der Waals surface area contributed by atoms with E-state index in [1.807, 2.05) is 0 Å². The van der Waals surface area contributed by atoms with Gasteiger partial charge in [-0.2, -0.15) is 0 Å². The average molecular weight is 334 g/mol. The Morgan fingerprint density at radius 3 is 2.73 bits per heavy atom. The van der Waals surface area contributed by atoms with Crippen molar-refractivity contribution < 1.29 is 9.90 Å². The third-order valence-electron chi connectivity index (χ3n) is 1.77. The molecular formula is C9H6Br2N2O2. The van der Waals surface area contributed by atoms with Crippen LogP contribution in [-0.2, 0) is 0 Å². The zero-order chi connectivity index (χ0) is 10.1. The highest BCUT2D eigenvalue weighted by atomic mass is 79.9. The van der Waals surface area contributed by atoms with Gasteiger partial charge < -0.3 is 5.11 Å². The number of hydrogen-bond donors (Lipinski definition) is 1. The molecule has 2 aromatic rings. The van der Waals surface area contributed by atoms with Gasteiger partial charge in [0.25, 0.3) is 0 Å². The molecule has 2 rings (SSSR count). The number of carboxylic acid groups (broad SMARTS) is 1. The van der Waals surface area contributed by atoms with E-state index < -0.39 is 5.97 Å². The average Bonchev–Trinajstić information content (AvgIpc) is 2.18. The van der Waals surface area contributed by atoms with E-state index in [1.165, 1.54) is 6.07 Å². The predicted octanol–water partition coefficient (Wildman–Crippen LogP) is 2.67. The van der Waals surface area contributed by atoms with Gasteiger partial charge in [-0.25, -0.2) is 9.78 Å². The Kier molecular flexibility index (Phi) is 3.76. The van der Waals surface area contributed by atoms with Gasteiger partial charge in [0.15, 0.2) is 0 Å². The Morgan fingerprint density at radius 2 is 2.07 bits per heavy atom. The zero-order valence-electron chi connectivity index (χ0n) is 7.35. The van der Waals surface area contributed by atoms with Crippen LogP contribution in [0.2, 0.25) is 0 Å². The highest BCUT2D eigenvalue weighted by Crippen LogP contribution is 2.20. The van der Waals surface area contributed by atoms with Gasteiger partial charge in [-0.05, 0) is 28.1 Å². The SMILES string of the molecule is Br.O=C(O)c1ccc2cncc(Br)c2n1. The maximum atomic E-state index is 10.7. The number of nitrogens with zero attached hydrogens (tertiary/aromatic N) is 2. The number of carbonyl (C=O) groups is 1. The van der Waals surface area contributed by atoms with Crippen LogP contribution < -0.4 is 0 Å². The topological polar surface area (TPSA) is 63.1 Å². The van der Waals surface area contributed by atoms with Crippen LogP contribution in [0.4, 0.5) is 0 Å². The fraction of sp³-hybridized carbons (Fsp3) is 0. The maximum absolute atomic E-state index is 10.7. The minimum Gasteiger partial charge on any atom is -0.477 e. The number of pyridine rings is 2. The minimum absolute atomic E-state index is 0. The molecule has 4 nitrogen and oxygen atoms in total. The summed E-state index contributed by atoms with van der Waals surface area (Å²) < 4.78 is 0.693. The number of fused-ring (bicyclic) bond motifs is 1. The monoisotopic (exact) mass is 332 g/mol. The predicted molar refractivity (Wildman–Crippen MR) is 64.5 cm³/mol. The summed E-state index contributed by atoms with van der Waals surface area (Å²) in [4.78, 5) is 18.6. The fourth-order valence-electron chi connectivity index (χ4n) is 1.13. The van der Waals surface area contributed by atoms with Crippen LogP contribution >= 0.6 is 32.9 Å². The second-order valence-corrected chi connectivity index (χ2v) is 3.55. The van der Waals surface area contributed by atoms with E-state index >= 15 is 0 Å². The first kappa shape index (κ1) is 12.1. The highest BCUT2D eigenvalue weighted by Gasteiger charge is 2.07. The molecule has 78 valence electrons. The number of aromatic carboxylic acids is 1. The first-order valence-electron chi connectivity index (χ1n) is 3.82. The van der Waals surface area contributed by atoms with Crippen molar-refractivity contribution in [1.29, 1.82) is 0 Å². The van der Waals surface area contributed by atoms with Crippen LogP contribution in [0, 0.1) is 0 Å². The summed E-state index contributed by atoms with van der Waals surface area (Å²) in [5, 5.41) is 9.55. The molecule has 0 aliphatic rings. The first-order chi connectivity index (χ1) is 6.68. The quantitative estimate of drug-likeness (QED) is 0.871. The molecule has 0 radical (unpaired) electrons. The Morgan fingerprint density at radius 1 is 1.33 bits per heavy atom. The maximum Gasteiger partial charge on any atom is 0.354 e. The lowest BCUT2D eigenvalue weighted by Crippen LogP contribution is -2.00. The molecule has 2 aromatic heterocycles. The highest BCUT2D eigenvalue weighted by molar-refractivity contribution is 9.10. The molecule has 0 fully saturated rings. The summed E-state index contributed by atoms with van der Waals surface area (Å²) in [6, 6.07) is 3.14.